The highest BCUT2D eigenvalue weighted by molar-refractivity contribution is 7.91. The largest absolute Gasteiger partial charge is 0.491 e. The smallest absolute Gasteiger partial charge is 0.339 e. The van der Waals surface area contributed by atoms with Gasteiger partial charge in [-0.25, -0.2) is 13.2 Å². The van der Waals surface area contributed by atoms with E-state index in [9.17, 15) is 18.3 Å². The lowest BCUT2D eigenvalue weighted by Gasteiger charge is -2.12. The van der Waals surface area contributed by atoms with Crippen LogP contribution in [0, 0.1) is 0 Å². The zero-order valence-corrected chi connectivity index (χ0v) is 12.4. The van der Waals surface area contributed by atoms with Crippen LogP contribution in [0.5, 0.6) is 5.75 Å². The molecular formula is C15H16O5S. The van der Waals surface area contributed by atoms with E-state index in [1.54, 1.807) is 25.1 Å². The summed E-state index contributed by atoms with van der Waals surface area (Å²) in [7, 11) is -3.15. The first-order valence-corrected chi connectivity index (χ1v) is 8.35. The highest BCUT2D eigenvalue weighted by Crippen LogP contribution is 2.30. The Morgan fingerprint density at radius 2 is 1.90 bits per heavy atom. The van der Waals surface area contributed by atoms with Gasteiger partial charge in [-0.3, -0.25) is 0 Å². The molecule has 0 radical (unpaired) electrons. The van der Waals surface area contributed by atoms with Gasteiger partial charge in [0.25, 0.3) is 0 Å². The third-order valence-electron chi connectivity index (χ3n) is 3.19. The van der Waals surface area contributed by atoms with Gasteiger partial charge in [0, 0.05) is 11.1 Å². The van der Waals surface area contributed by atoms with Crippen LogP contribution in [0.25, 0.3) is 10.8 Å². The molecule has 2 aromatic rings. The molecule has 21 heavy (non-hydrogen) atoms. The van der Waals surface area contributed by atoms with Crippen molar-refractivity contribution in [3.63, 3.8) is 0 Å². The molecule has 0 saturated carbocycles. The Bertz CT molecular complexity index is 765. The number of carbonyl (C=O) groups is 1. The SMILES string of the molecule is CCS(=O)(=O)CCOc1c(C(=O)O)ccc2ccccc12. The molecule has 0 bridgehead atoms. The summed E-state index contributed by atoms with van der Waals surface area (Å²) in [5.74, 6) is -0.982. The van der Waals surface area contributed by atoms with Crippen LogP contribution in [0.4, 0.5) is 0 Å². The maximum Gasteiger partial charge on any atom is 0.339 e. The van der Waals surface area contributed by atoms with E-state index in [1.807, 2.05) is 12.1 Å². The van der Waals surface area contributed by atoms with Crippen LogP contribution in [0.3, 0.4) is 0 Å². The van der Waals surface area contributed by atoms with Crippen molar-refractivity contribution >= 4 is 26.6 Å². The molecule has 0 amide bonds. The van der Waals surface area contributed by atoms with Gasteiger partial charge >= 0.3 is 5.97 Å². The number of hydrogen-bond donors (Lipinski definition) is 1. The molecule has 0 saturated heterocycles. The summed E-state index contributed by atoms with van der Waals surface area (Å²) in [6, 6.07) is 10.4. The lowest BCUT2D eigenvalue weighted by atomic mass is 10.1. The number of fused-ring (bicyclic) bond motifs is 1. The average Bonchev–Trinajstić information content (AvgIpc) is 2.47. The summed E-state index contributed by atoms with van der Waals surface area (Å²) in [5.41, 5.74) is 0.0302. The molecule has 2 rings (SSSR count). The second-order valence-electron chi connectivity index (χ2n) is 4.55. The molecule has 0 unspecified atom stereocenters. The molecule has 0 spiro atoms. The van der Waals surface area contributed by atoms with Crippen molar-refractivity contribution in [2.75, 3.05) is 18.1 Å². The summed E-state index contributed by atoms with van der Waals surface area (Å²) in [6.07, 6.45) is 0. The average molecular weight is 308 g/mol. The quantitative estimate of drug-likeness (QED) is 0.886. The molecule has 0 aliphatic carbocycles. The Hall–Kier alpha value is -2.08. The number of sulfone groups is 1. The monoisotopic (exact) mass is 308 g/mol. The molecule has 1 N–H and O–H groups in total. The van der Waals surface area contributed by atoms with Gasteiger partial charge in [0.15, 0.2) is 9.84 Å². The maximum absolute atomic E-state index is 11.5. The minimum Gasteiger partial charge on any atom is -0.491 e. The summed E-state index contributed by atoms with van der Waals surface area (Å²) in [6.45, 7) is 1.50. The zero-order valence-electron chi connectivity index (χ0n) is 11.6. The first kappa shape index (κ1) is 15.3. The number of carboxylic acid groups (broad SMARTS) is 1. The van der Waals surface area contributed by atoms with E-state index in [2.05, 4.69) is 0 Å². The molecule has 0 fully saturated rings. The Kier molecular flexibility index (Phi) is 4.47. The Morgan fingerprint density at radius 1 is 1.19 bits per heavy atom. The molecular weight excluding hydrogens is 292 g/mol. The molecule has 0 aliphatic rings. The normalized spacial score (nSPS) is 11.5. The van der Waals surface area contributed by atoms with Gasteiger partial charge in [-0.05, 0) is 11.5 Å². The highest BCUT2D eigenvalue weighted by Gasteiger charge is 2.16. The van der Waals surface area contributed by atoms with Crippen LogP contribution in [0.1, 0.15) is 17.3 Å². The summed E-state index contributed by atoms with van der Waals surface area (Å²) in [4.78, 5) is 11.3. The van der Waals surface area contributed by atoms with Gasteiger partial charge in [-0.15, -0.1) is 0 Å². The molecule has 0 heterocycles. The van der Waals surface area contributed by atoms with Crippen molar-refractivity contribution in [1.29, 1.82) is 0 Å². The number of carboxylic acids is 1. The van der Waals surface area contributed by atoms with E-state index < -0.39 is 15.8 Å². The van der Waals surface area contributed by atoms with Crippen LogP contribution in [0.15, 0.2) is 36.4 Å². The zero-order chi connectivity index (χ0) is 15.5. The van der Waals surface area contributed by atoms with Crippen LogP contribution >= 0.6 is 0 Å². The molecule has 2 aromatic carbocycles. The highest BCUT2D eigenvalue weighted by atomic mass is 32.2. The third kappa shape index (κ3) is 3.52. The fourth-order valence-corrected chi connectivity index (χ4v) is 2.61. The van der Waals surface area contributed by atoms with Gasteiger partial charge in [0.2, 0.25) is 0 Å². The number of aromatic carboxylic acids is 1. The molecule has 0 aliphatic heterocycles. The first-order valence-electron chi connectivity index (χ1n) is 6.53. The van der Waals surface area contributed by atoms with E-state index in [0.717, 1.165) is 5.39 Å². The van der Waals surface area contributed by atoms with E-state index >= 15 is 0 Å². The number of hydrogen-bond acceptors (Lipinski definition) is 4. The van der Waals surface area contributed by atoms with Crippen LogP contribution in [-0.2, 0) is 9.84 Å². The van der Waals surface area contributed by atoms with Crippen molar-refractivity contribution in [3.05, 3.63) is 42.0 Å². The van der Waals surface area contributed by atoms with Crippen LogP contribution in [0.2, 0.25) is 0 Å². The molecule has 0 aromatic heterocycles. The van der Waals surface area contributed by atoms with Gasteiger partial charge in [0.1, 0.15) is 17.9 Å². The lowest BCUT2D eigenvalue weighted by molar-refractivity contribution is 0.0693. The van der Waals surface area contributed by atoms with E-state index in [1.165, 1.54) is 6.07 Å². The molecule has 112 valence electrons. The summed E-state index contributed by atoms with van der Waals surface area (Å²) < 4.78 is 28.4. The minimum absolute atomic E-state index is 0.0302. The Balaban J connectivity index is 2.36. The number of benzene rings is 2. The number of ether oxygens (including phenoxy) is 1. The van der Waals surface area contributed by atoms with Gasteiger partial charge < -0.3 is 9.84 Å². The fourth-order valence-electron chi connectivity index (χ4n) is 1.98. The minimum atomic E-state index is -3.15. The Morgan fingerprint density at radius 3 is 2.57 bits per heavy atom. The van der Waals surface area contributed by atoms with Crippen LogP contribution < -0.4 is 4.74 Å². The maximum atomic E-state index is 11.5. The van der Waals surface area contributed by atoms with Gasteiger partial charge in [-0.1, -0.05) is 37.3 Å². The Labute approximate surface area is 123 Å². The predicted molar refractivity (Wildman–Crippen MR) is 80.7 cm³/mol. The topological polar surface area (TPSA) is 80.7 Å². The number of rotatable bonds is 6. The van der Waals surface area contributed by atoms with Gasteiger partial charge in [-0.2, -0.15) is 0 Å². The van der Waals surface area contributed by atoms with Crippen molar-refractivity contribution in [2.24, 2.45) is 0 Å². The van der Waals surface area contributed by atoms with Gasteiger partial charge in [0.05, 0.1) is 5.75 Å². The van der Waals surface area contributed by atoms with Crippen molar-refractivity contribution in [1.82, 2.24) is 0 Å². The standard InChI is InChI=1S/C15H16O5S/c1-2-21(18,19)10-9-20-14-12-6-4-3-5-11(12)7-8-13(14)15(16)17/h3-8H,2,9-10H2,1H3,(H,16,17). The second-order valence-corrected chi connectivity index (χ2v) is 7.03. The second kappa shape index (κ2) is 6.13. The molecule has 0 atom stereocenters. The summed E-state index contributed by atoms with van der Waals surface area (Å²) in [5, 5.41) is 10.7. The van der Waals surface area contributed by atoms with E-state index in [0.29, 0.717) is 5.39 Å². The van der Waals surface area contributed by atoms with Crippen molar-refractivity contribution in [2.45, 2.75) is 6.92 Å². The van der Waals surface area contributed by atoms with Crippen LogP contribution in [-0.4, -0.2) is 37.6 Å². The van der Waals surface area contributed by atoms with E-state index in [4.69, 9.17) is 4.74 Å². The van der Waals surface area contributed by atoms with E-state index in [-0.39, 0.29) is 29.4 Å². The molecule has 6 heteroatoms. The third-order valence-corrected chi connectivity index (χ3v) is 4.86. The van der Waals surface area contributed by atoms with Crippen molar-refractivity contribution < 1.29 is 23.1 Å². The predicted octanol–water partition coefficient (Wildman–Crippen LogP) is 2.35. The fraction of sp³-hybridized carbons (Fsp3) is 0.267. The van der Waals surface area contributed by atoms with Crippen molar-refractivity contribution in [3.8, 4) is 5.75 Å². The lowest BCUT2D eigenvalue weighted by Crippen LogP contribution is -2.16. The molecule has 5 nitrogen and oxygen atoms in total. The summed E-state index contributed by atoms with van der Waals surface area (Å²) >= 11 is 0. The first-order chi connectivity index (χ1) is 9.94.